The molecule has 0 bridgehead atoms. The maximum atomic E-state index is 11.0. The van der Waals surface area contributed by atoms with Gasteiger partial charge in [-0.1, -0.05) is 6.07 Å². The van der Waals surface area contributed by atoms with Crippen molar-refractivity contribution in [3.8, 4) is 11.5 Å². The Balaban J connectivity index is 1.21. The third-order valence-electron chi connectivity index (χ3n) is 6.07. The van der Waals surface area contributed by atoms with E-state index < -0.39 is 5.97 Å². The van der Waals surface area contributed by atoms with Crippen LogP contribution in [0.5, 0.6) is 11.5 Å². The normalized spacial score (nSPS) is 16.4. The monoisotopic (exact) mass is 418 g/mol. The van der Waals surface area contributed by atoms with Crippen molar-refractivity contribution in [2.75, 3.05) is 26.2 Å². The average Bonchev–Trinajstić information content (AvgIpc) is 3.16. The van der Waals surface area contributed by atoms with Crippen molar-refractivity contribution >= 4 is 22.9 Å². The number of carboxylic acid groups (broad SMARTS) is 1. The van der Waals surface area contributed by atoms with Crippen molar-refractivity contribution in [3.63, 3.8) is 0 Å². The van der Waals surface area contributed by atoms with Crippen LogP contribution in [0.3, 0.4) is 0 Å². The molecule has 1 N–H and O–H groups in total. The van der Waals surface area contributed by atoms with Gasteiger partial charge in [0, 0.05) is 49.5 Å². The average molecular weight is 418 g/mol. The highest BCUT2D eigenvalue weighted by atomic mass is 16.5. The molecule has 0 unspecified atom stereocenters. The Labute approximate surface area is 181 Å². The Morgan fingerprint density at radius 1 is 1.19 bits per heavy atom. The lowest BCUT2D eigenvalue weighted by molar-refractivity contribution is -0.147. The van der Waals surface area contributed by atoms with E-state index in [1.54, 1.807) is 0 Å². The number of aryl methyl sites for hydroxylation is 1. The van der Waals surface area contributed by atoms with Crippen LogP contribution < -0.4 is 9.47 Å². The molecule has 2 aliphatic heterocycles. The van der Waals surface area contributed by atoms with Gasteiger partial charge in [-0.2, -0.15) is 0 Å². The van der Waals surface area contributed by atoms with E-state index in [9.17, 15) is 4.79 Å². The van der Waals surface area contributed by atoms with Crippen molar-refractivity contribution in [1.82, 2.24) is 9.47 Å². The van der Waals surface area contributed by atoms with Gasteiger partial charge in [-0.3, -0.25) is 9.69 Å². The molecular weight excluding hydrogens is 392 g/mol. The molecule has 0 radical (unpaired) electrons. The summed E-state index contributed by atoms with van der Waals surface area (Å²) >= 11 is 0. The molecule has 2 aliphatic rings. The zero-order valence-electron chi connectivity index (χ0n) is 17.6. The zero-order chi connectivity index (χ0) is 21.4. The second-order valence-corrected chi connectivity index (χ2v) is 8.30. The fraction of sp³-hybridized carbons (Fsp3) is 0.320. The molecule has 0 spiro atoms. The molecule has 160 valence electrons. The molecule has 1 aromatic heterocycles. The number of fused-ring (bicyclic) bond motifs is 2. The van der Waals surface area contributed by atoms with Gasteiger partial charge in [0.25, 0.3) is 0 Å². The van der Waals surface area contributed by atoms with Gasteiger partial charge < -0.3 is 19.1 Å². The van der Waals surface area contributed by atoms with Crippen molar-refractivity contribution in [2.24, 2.45) is 5.92 Å². The first-order valence-corrected chi connectivity index (χ1v) is 10.7. The summed E-state index contributed by atoms with van der Waals surface area (Å²) in [5.41, 5.74) is 4.58. The first-order valence-electron chi connectivity index (χ1n) is 10.7. The van der Waals surface area contributed by atoms with Gasteiger partial charge >= 0.3 is 5.97 Å². The number of benzene rings is 2. The van der Waals surface area contributed by atoms with Crippen molar-refractivity contribution in [3.05, 3.63) is 65.4 Å². The Morgan fingerprint density at radius 3 is 2.87 bits per heavy atom. The molecule has 31 heavy (non-hydrogen) atoms. The molecule has 1 fully saturated rings. The molecule has 3 heterocycles. The molecule has 3 aromatic rings. The number of ether oxygens (including phenoxy) is 2. The lowest BCUT2D eigenvalue weighted by atomic mass is 9.98. The highest BCUT2D eigenvalue weighted by Gasteiger charge is 2.32. The van der Waals surface area contributed by atoms with Gasteiger partial charge in [0.2, 0.25) is 0 Å². The largest absolute Gasteiger partial charge is 0.489 e. The molecule has 0 amide bonds. The molecule has 2 aromatic carbocycles. The number of hydrogen-bond acceptors (Lipinski definition) is 4. The first-order chi connectivity index (χ1) is 15.1. The summed E-state index contributed by atoms with van der Waals surface area (Å²) in [6.07, 6.45) is 4.26. The number of aliphatic carboxylic acids is 1. The maximum Gasteiger partial charge on any atom is 0.309 e. The fourth-order valence-electron chi connectivity index (χ4n) is 4.30. The molecular formula is C25H26N2O4. The highest BCUT2D eigenvalue weighted by molar-refractivity contribution is 5.80. The molecule has 5 rings (SSSR count). The smallest absolute Gasteiger partial charge is 0.309 e. The van der Waals surface area contributed by atoms with E-state index >= 15 is 0 Å². The van der Waals surface area contributed by atoms with Crippen LogP contribution in [0.4, 0.5) is 0 Å². The van der Waals surface area contributed by atoms with E-state index in [1.807, 2.05) is 18.2 Å². The van der Waals surface area contributed by atoms with Crippen LogP contribution in [0, 0.1) is 5.92 Å². The number of rotatable bonds is 7. The quantitative estimate of drug-likeness (QED) is 0.628. The lowest BCUT2D eigenvalue weighted by Gasteiger charge is -2.37. The minimum absolute atomic E-state index is 0.232. The predicted molar refractivity (Wildman–Crippen MR) is 119 cm³/mol. The summed E-state index contributed by atoms with van der Waals surface area (Å²) in [4.78, 5) is 13.1. The Morgan fingerprint density at radius 2 is 2.06 bits per heavy atom. The van der Waals surface area contributed by atoms with E-state index in [1.165, 1.54) is 10.9 Å². The van der Waals surface area contributed by atoms with Crippen LogP contribution >= 0.6 is 0 Å². The minimum Gasteiger partial charge on any atom is -0.489 e. The zero-order valence-corrected chi connectivity index (χ0v) is 17.6. The maximum absolute atomic E-state index is 11.0. The summed E-state index contributed by atoms with van der Waals surface area (Å²) in [6, 6.07) is 14.5. The second-order valence-electron chi connectivity index (χ2n) is 8.30. The van der Waals surface area contributed by atoms with Crippen molar-refractivity contribution in [2.45, 2.75) is 20.1 Å². The minimum atomic E-state index is -0.706. The predicted octanol–water partition coefficient (Wildman–Crippen LogP) is 4.03. The fourth-order valence-corrected chi connectivity index (χ4v) is 4.30. The van der Waals surface area contributed by atoms with Crippen LogP contribution in [0.15, 0.2) is 54.2 Å². The number of carboxylic acids is 1. The molecule has 1 saturated heterocycles. The van der Waals surface area contributed by atoms with Gasteiger partial charge in [-0.15, -0.1) is 0 Å². The van der Waals surface area contributed by atoms with E-state index in [-0.39, 0.29) is 5.92 Å². The first kappa shape index (κ1) is 19.7. The van der Waals surface area contributed by atoms with Gasteiger partial charge in [-0.25, -0.2) is 0 Å². The summed E-state index contributed by atoms with van der Waals surface area (Å²) < 4.78 is 14.2. The molecule has 0 aliphatic carbocycles. The van der Waals surface area contributed by atoms with E-state index in [0.717, 1.165) is 41.3 Å². The van der Waals surface area contributed by atoms with Crippen molar-refractivity contribution in [1.29, 1.82) is 0 Å². The van der Waals surface area contributed by atoms with Crippen LogP contribution in [0.2, 0.25) is 0 Å². The van der Waals surface area contributed by atoms with Gasteiger partial charge in [0.15, 0.2) is 0 Å². The lowest BCUT2D eigenvalue weighted by Crippen LogP contribution is -2.51. The Bertz CT molecular complexity index is 1160. The molecule has 0 atom stereocenters. The number of nitrogens with zero attached hydrogens (tertiary/aromatic N) is 2. The van der Waals surface area contributed by atoms with E-state index in [0.29, 0.717) is 26.3 Å². The molecule has 6 heteroatoms. The van der Waals surface area contributed by atoms with Gasteiger partial charge in [0.1, 0.15) is 24.7 Å². The Hall–Kier alpha value is -3.25. The van der Waals surface area contributed by atoms with Crippen LogP contribution in [-0.4, -0.2) is 46.8 Å². The Kier molecular flexibility index (Phi) is 5.16. The number of likely N-dealkylation sites (tertiary alicyclic amines) is 1. The summed E-state index contributed by atoms with van der Waals surface area (Å²) in [5, 5.41) is 10.2. The number of hydrogen-bond donors (Lipinski definition) is 1. The van der Waals surface area contributed by atoms with Gasteiger partial charge in [-0.05, 0) is 59.9 Å². The molecule has 6 nitrogen and oxygen atoms in total. The number of aromatic nitrogens is 1. The van der Waals surface area contributed by atoms with Gasteiger partial charge in [0.05, 0.1) is 5.92 Å². The van der Waals surface area contributed by atoms with Crippen LogP contribution in [0.1, 0.15) is 18.1 Å². The standard InChI is InChI=1S/C25H26N2O4/c1-2-27-8-7-19-9-17(3-6-23(19)27)15-30-22-5-4-20-10-18(16-31-24(20)11-22)12-26-13-21(14-26)25(28)29/h3-11,21H,2,12-16H2,1H3,(H,28,29). The van der Waals surface area contributed by atoms with Crippen LogP contribution in [0.25, 0.3) is 17.0 Å². The van der Waals surface area contributed by atoms with E-state index in [4.69, 9.17) is 14.6 Å². The summed E-state index contributed by atoms with van der Waals surface area (Å²) in [7, 11) is 0. The highest BCUT2D eigenvalue weighted by Crippen LogP contribution is 2.32. The SMILES string of the molecule is CCn1ccc2cc(COc3ccc4c(c3)OCC(CN3CC(C(=O)O)C3)=C4)ccc21. The van der Waals surface area contributed by atoms with Crippen molar-refractivity contribution < 1.29 is 19.4 Å². The van der Waals surface area contributed by atoms with E-state index in [2.05, 4.69) is 52.9 Å². The second kappa shape index (κ2) is 8.12. The third-order valence-corrected chi connectivity index (χ3v) is 6.07. The number of carbonyl (C=O) groups is 1. The summed E-state index contributed by atoms with van der Waals surface area (Å²) in [6.45, 7) is 6.12. The molecule has 0 saturated carbocycles. The topological polar surface area (TPSA) is 63.9 Å². The van der Waals surface area contributed by atoms with Crippen LogP contribution in [-0.2, 0) is 17.9 Å². The third kappa shape index (κ3) is 4.03. The summed E-state index contributed by atoms with van der Waals surface area (Å²) in [5.74, 6) is 0.671.